The summed E-state index contributed by atoms with van der Waals surface area (Å²) in [6, 6.07) is 7.62. The van der Waals surface area contributed by atoms with Crippen molar-refractivity contribution in [1.82, 2.24) is 5.32 Å². The Labute approximate surface area is 106 Å². The van der Waals surface area contributed by atoms with Crippen molar-refractivity contribution >= 4 is 11.8 Å². The summed E-state index contributed by atoms with van der Waals surface area (Å²) in [5, 5.41) is 2.36. The van der Waals surface area contributed by atoms with Crippen molar-refractivity contribution in [1.29, 1.82) is 0 Å². The predicted molar refractivity (Wildman–Crippen MR) is 67.3 cm³/mol. The summed E-state index contributed by atoms with van der Waals surface area (Å²) < 4.78 is 5.44. The van der Waals surface area contributed by atoms with Gasteiger partial charge in [-0.3, -0.25) is 14.9 Å². The monoisotopic (exact) mass is 247 g/mol. The van der Waals surface area contributed by atoms with Crippen molar-refractivity contribution < 1.29 is 14.3 Å². The van der Waals surface area contributed by atoms with Crippen molar-refractivity contribution in [2.24, 2.45) is 5.92 Å². The van der Waals surface area contributed by atoms with Crippen LogP contribution in [0.15, 0.2) is 24.3 Å². The first-order chi connectivity index (χ1) is 8.61. The molecule has 2 amide bonds. The Hall–Kier alpha value is -1.84. The van der Waals surface area contributed by atoms with E-state index >= 15 is 0 Å². The van der Waals surface area contributed by atoms with Gasteiger partial charge in [0.2, 0.25) is 11.8 Å². The average molecular weight is 247 g/mol. The topological polar surface area (TPSA) is 55.4 Å². The number of benzene rings is 1. The van der Waals surface area contributed by atoms with E-state index in [2.05, 4.69) is 5.32 Å². The Morgan fingerprint density at radius 3 is 2.89 bits per heavy atom. The van der Waals surface area contributed by atoms with E-state index in [1.54, 1.807) is 0 Å². The van der Waals surface area contributed by atoms with Crippen LogP contribution in [-0.4, -0.2) is 18.4 Å². The molecule has 2 atom stereocenters. The molecule has 0 aliphatic carbocycles. The van der Waals surface area contributed by atoms with E-state index < -0.39 is 0 Å². The number of carbonyl (C=O) groups excluding carboxylic acids is 2. The molecule has 18 heavy (non-hydrogen) atoms. The second-order valence-electron chi connectivity index (χ2n) is 4.52. The Morgan fingerprint density at radius 2 is 2.17 bits per heavy atom. The fraction of sp³-hybridized carbons (Fsp3) is 0.429. The molecule has 1 heterocycles. The molecule has 0 saturated carbocycles. The van der Waals surface area contributed by atoms with Gasteiger partial charge in [0.15, 0.2) is 0 Å². The maximum Gasteiger partial charge on any atom is 0.230 e. The first-order valence-electron chi connectivity index (χ1n) is 6.18. The molecule has 0 spiro atoms. The number of nitrogens with one attached hydrogen (secondary N) is 1. The SMILES string of the molecule is CCOc1cccc(C2CC(=O)NC(=O)C2C)c1. The van der Waals surface area contributed by atoms with Crippen molar-refractivity contribution in [3.63, 3.8) is 0 Å². The van der Waals surface area contributed by atoms with Crippen molar-refractivity contribution in [2.75, 3.05) is 6.61 Å². The molecular weight excluding hydrogens is 230 g/mol. The maximum absolute atomic E-state index is 11.6. The van der Waals surface area contributed by atoms with E-state index in [9.17, 15) is 9.59 Å². The quantitative estimate of drug-likeness (QED) is 0.829. The summed E-state index contributed by atoms with van der Waals surface area (Å²) >= 11 is 0. The van der Waals surface area contributed by atoms with Gasteiger partial charge < -0.3 is 4.74 Å². The van der Waals surface area contributed by atoms with Crippen LogP contribution in [0, 0.1) is 5.92 Å². The van der Waals surface area contributed by atoms with Crippen LogP contribution in [0.1, 0.15) is 31.7 Å². The van der Waals surface area contributed by atoms with Gasteiger partial charge in [0.1, 0.15) is 5.75 Å². The molecule has 4 heteroatoms. The molecule has 1 saturated heterocycles. The Bertz CT molecular complexity index is 470. The molecular formula is C14H17NO3. The van der Waals surface area contributed by atoms with Crippen LogP contribution < -0.4 is 10.1 Å². The van der Waals surface area contributed by atoms with Gasteiger partial charge in [-0.25, -0.2) is 0 Å². The number of piperidine rings is 1. The Balaban J connectivity index is 2.26. The average Bonchev–Trinajstić information content (AvgIpc) is 2.34. The van der Waals surface area contributed by atoms with E-state index in [0.29, 0.717) is 13.0 Å². The highest BCUT2D eigenvalue weighted by atomic mass is 16.5. The van der Waals surface area contributed by atoms with Gasteiger partial charge in [-0.2, -0.15) is 0 Å². The van der Waals surface area contributed by atoms with E-state index in [1.165, 1.54) is 0 Å². The van der Waals surface area contributed by atoms with E-state index in [-0.39, 0.29) is 23.7 Å². The predicted octanol–water partition coefficient (Wildman–Crippen LogP) is 1.85. The van der Waals surface area contributed by atoms with Crippen LogP contribution >= 0.6 is 0 Å². The third-order valence-corrected chi connectivity index (χ3v) is 3.28. The van der Waals surface area contributed by atoms with E-state index in [1.807, 2.05) is 38.1 Å². The fourth-order valence-corrected chi connectivity index (χ4v) is 2.27. The molecule has 0 radical (unpaired) electrons. The number of rotatable bonds is 3. The number of hydrogen-bond donors (Lipinski definition) is 1. The summed E-state index contributed by atoms with van der Waals surface area (Å²) in [6.45, 7) is 4.37. The van der Waals surface area contributed by atoms with Gasteiger partial charge in [-0.1, -0.05) is 19.1 Å². The first kappa shape index (κ1) is 12.6. The zero-order valence-corrected chi connectivity index (χ0v) is 10.6. The molecule has 1 aromatic carbocycles. The lowest BCUT2D eigenvalue weighted by molar-refractivity contribution is -0.136. The fourth-order valence-electron chi connectivity index (χ4n) is 2.27. The van der Waals surface area contributed by atoms with Crippen LogP contribution in [0.3, 0.4) is 0 Å². The second kappa shape index (κ2) is 5.21. The van der Waals surface area contributed by atoms with Gasteiger partial charge in [0.05, 0.1) is 6.61 Å². The minimum absolute atomic E-state index is 0.0633. The summed E-state index contributed by atoms with van der Waals surface area (Å²) in [5.74, 6) is 0.120. The molecule has 1 aromatic rings. The first-order valence-corrected chi connectivity index (χ1v) is 6.18. The zero-order chi connectivity index (χ0) is 13.1. The summed E-state index contributed by atoms with van der Waals surface area (Å²) in [7, 11) is 0. The van der Waals surface area contributed by atoms with Gasteiger partial charge in [0, 0.05) is 18.3 Å². The summed E-state index contributed by atoms with van der Waals surface area (Å²) in [5.41, 5.74) is 0.983. The Kier molecular flexibility index (Phi) is 3.65. The van der Waals surface area contributed by atoms with Gasteiger partial charge in [-0.15, -0.1) is 0 Å². The minimum Gasteiger partial charge on any atom is -0.494 e. The number of amides is 2. The molecule has 1 fully saturated rings. The lowest BCUT2D eigenvalue weighted by atomic mass is 9.81. The lowest BCUT2D eigenvalue weighted by Crippen LogP contribution is -2.43. The zero-order valence-electron chi connectivity index (χ0n) is 10.6. The van der Waals surface area contributed by atoms with Crippen LogP contribution in [0.5, 0.6) is 5.75 Å². The van der Waals surface area contributed by atoms with Gasteiger partial charge in [0.25, 0.3) is 0 Å². The minimum atomic E-state index is -0.204. The largest absolute Gasteiger partial charge is 0.494 e. The molecule has 1 aliphatic heterocycles. The molecule has 1 N–H and O–H groups in total. The van der Waals surface area contributed by atoms with Crippen molar-refractivity contribution in [3.05, 3.63) is 29.8 Å². The van der Waals surface area contributed by atoms with E-state index in [4.69, 9.17) is 4.74 Å². The third kappa shape index (κ3) is 2.53. The van der Waals surface area contributed by atoms with Crippen molar-refractivity contribution in [3.8, 4) is 5.75 Å². The highest BCUT2D eigenvalue weighted by Gasteiger charge is 2.33. The molecule has 2 rings (SSSR count). The van der Waals surface area contributed by atoms with Gasteiger partial charge >= 0.3 is 0 Å². The third-order valence-electron chi connectivity index (χ3n) is 3.28. The molecule has 2 unspecified atom stereocenters. The lowest BCUT2D eigenvalue weighted by Gasteiger charge is -2.27. The summed E-state index contributed by atoms with van der Waals surface area (Å²) in [4.78, 5) is 23.1. The standard InChI is InChI=1S/C14H17NO3/c1-3-18-11-6-4-5-10(7-11)12-8-13(16)15-14(17)9(12)2/h4-7,9,12H,3,8H2,1-2H3,(H,15,16,17). The number of carbonyl (C=O) groups is 2. The van der Waals surface area contributed by atoms with Gasteiger partial charge in [-0.05, 0) is 24.6 Å². The molecule has 1 aliphatic rings. The normalized spacial score (nSPS) is 23.7. The second-order valence-corrected chi connectivity index (χ2v) is 4.52. The number of imide groups is 1. The Morgan fingerprint density at radius 1 is 1.39 bits per heavy atom. The highest BCUT2D eigenvalue weighted by molar-refractivity contribution is 5.99. The maximum atomic E-state index is 11.6. The molecule has 96 valence electrons. The van der Waals surface area contributed by atoms with Crippen LogP contribution in [0.2, 0.25) is 0 Å². The number of hydrogen-bond acceptors (Lipinski definition) is 3. The smallest absolute Gasteiger partial charge is 0.230 e. The molecule has 4 nitrogen and oxygen atoms in total. The van der Waals surface area contributed by atoms with Crippen LogP contribution in [-0.2, 0) is 9.59 Å². The highest BCUT2D eigenvalue weighted by Crippen LogP contribution is 2.32. The van der Waals surface area contributed by atoms with Crippen LogP contribution in [0.25, 0.3) is 0 Å². The molecule has 0 bridgehead atoms. The number of ether oxygens (including phenoxy) is 1. The summed E-state index contributed by atoms with van der Waals surface area (Å²) in [6.07, 6.45) is 0.350. The van der Waals surface area contributed by atoms with E-state index in [0.717, 1.165) is 11.3 Å². The van der Waals surface area contributed by atoms with Crippen molar-refractivity contribution in [2.45, 2.75) is 26.2 Å². The van der Waals surface area contributed by atoms with Crippen LogP contribution in [0.4, 0.5) is 0 Å². The molecule has 0 aromatic heterocycles.